The van der Waals surface area contributed by atoms with Crippen LogP contribution in [0.15, 0.2) is 24.3 Å². The molecule has 0 aromatic heterocycles. The molecule has 1 aromatic carbocycles. The number of piperazine rings is 1. The number of imide groups is 1. The van der Waals surface area contributed by atoms with Gasteiger partial charge in [0.15, 0.2) is 0 Å². The van der Waals surface area contributed by atoms with Gasteiger partial charge >= 0.3 is 0 Å². The highest BCUT2D eigenvalue weighted by atomic mass is 16.5. The first-order chi connectivity index (χ1) is 10.1. The number of methoxy groups -OCH3 is 1. The second-order valence-electron chi connectivity index (χ2n) is 4.50. The Balaban J connectivity index is 1.78. The fraction of sp³-hybridized carbons (Fsp3) is 0.357. The minimum absolute atomic E-state index is 0.0902. The van der Waals surface area contributed by atoms with E-state index in [1.165, 1.54) is 4.90 Å². The summed E-state index contributed by atoms with van der Waals surface area (Å²) in [5, 5.41) is 2.14. The quantitative estimate of drug-likeness (QED) is 0.769. The molecule has 1 N–H and O–H groups in total. The lowest BCUT2D eigenvalue weighted by Gasteiger charge is -2.25. The monoisotopic (exact) mass is 292 g/mol. The predicted molar refractivity (Wildman–Crippen MR) is 72.8 cm³/mol. The summed E-state index contributed by atoms with van der Waals surface area (Å²) >= 11 is 0. The van der Waals surface area contributed by atoms with Crippen LogP contribution in [0.1, 0.15) is 6.42 Å². The van der Waals surface area contributed by atoms with Crippen molar-refractivity contribution in [1.82, 2.24) is 10.2 Å². The van der Waals surface area contributed by atoms with Gasteiger partial charge < -0.3 is 14.4 Å². The van der Waals surface area contributed by atoms with Crippen molar-refractivity contribution in [3.63, 3.8) is 0 Å². The van der Waals surface area contributed by atoms with Gasteiger partial charge in [0.2, 0.25) is 17.7 Å². The van der Waals surface area contributed by atoms with Crippen molar-refractivity contribution in [2.75, 3.05) is 26.8 Å². The smallest absolute Gasteiger partial charge is 0.246 e. The molecular formula is C14H16N2O5. The number of rotatable bonds is 5. The zero-order chi connectivity index (χ0) is 15.2. The van der Waals surface area contributed by atoms with Gasteiger partial charge in [-0.25, -0.2) is 0 Å². The van der Waals surface area contributed by atoms with Crippen LogP contribution < -0.4 is 14.8 Å². The van der Waals surface area contributed by atoms with Crippen LogP contribution in [0.3, 0.4) is 0 Å². The molecule has 112 valence electrons. The maximum absolute atomic E-state index is 11.9. The number of nitrogens with one attached hydrogen (secondary N) is 1. The van der Waals surface area contributed by atoms with Crippen LogP contribution in [-0.4, -0.2) is 49.4 Å². The van der Waals surface area contributed by atoms with Crippen molar-refractivity contribution >= 4 is 17.7 Å². The number of benzene rings is 1. The molecule has 0 atom stereocenters. The molecule has 0 aliphatic carbocycles. The number of carbonyl (C=O) groups excluding carboxylic acids is 3. The lowest BCUT2D eigenvalue weighted by atomic mass is 10.3. The van der Waals surface area contributed by atoms with E-state index >= 15 is 0 Å². The molecule has 2 rings (SSSR count). The SMILES string of the molecule is COc1ccc(OCCC(=O)N2CC(=O)NC(=O)C2)cc1. The Kier molecular flexibility index (Phi) is 4.76. The maximum Gasteiger partial charge on any atom is 0.246 e. The number of ether oxygens (including phenoxy) is 2. The number of nitrogens with zero attached hydrogens (tertiary/aromatic N) is 1. The topological polar surface area (TPSA) is 84.9 Å². The van der Waals surface area contributed by atoms with Crippen molar-refractivity contribution in [1.29, 1.82) is 0 Å². The molecule has 1 aliphatic heterocycles. The van der Waals surface area contributed by atoms with Crippen LogP contribution in [0.5, 0.6) is 11.5 Å². The van der Waals surface area contributed by atoms with Gasteiger partial charge in [0.1, 0.15) is 24.6 Å². The van der Waals surface area contributed by atoms with Crippen molar-refractivity contribution in [3.05, 3.63) is 24.3 Å². The average Bonchev–Trinajstić information content (AvgIpc) is 2.47. The van der Waals surface area contributed by atoms with Gasteiger partial charge in [0.05, 0.1) is 20.1 Å². The Morgan fingerprint density at radius 3 is 2.29 bits per heavy atom. The van der Waals surface area contributed by atoms with E-state index in [-0.39, 0.29) is 32.0 Å². The van der Waals surface area contributed by atoms with E-state index in [4.69, 9.17) is 9.47 Å². The fourth-order valence-corrected chi connectivity index (χ4v) is 1.90. The minimum Gasteiger partial charge on any atom is -0.497 e. The average molecular weight is 292 g/mol. The first-order valence-corrected chi connectivity index (χ1v) is 6.46. The van der Waals surface area contributed by atoms with Gasteiger partial charge in [-0.2, -0.15) is 0 Å². The molecule has 7 nitrogen and oxygen atoms in total. The van der Waals surface area contributed by atoms with Crippen LogP contribution in [0.4, 0.5) is 0 Å². The van der Waals surface area contributed by atoms with Crippen molar-refractivity contribution < 1.29 is 23.9 Å². The van der Waals surface area contributed by atoms with E-state index in [1.54, 1.807) is 31.4 Å². The van der Waals surface area contributed by atoms with Crippen molar-refractivity contribution in [2.45, 2.75) is 6.42 Å². The third-order valence-electron chi connectivity index (χ3n) is 2.94. The summed E-state index contributed by atoms with van der Waals surface area (Å²) in [6.07, 6.45) is 0.104. The molecule has 7 heteroatoms. The summed E-state index contributed by atoms with van der Waals surface area (Å²) in [5.41, 5.74) is 0. The van der Waals surface area contributed by atoms with E-state index in [0.29, 0.717) is 5.75 Å². The van der Waals surface area contributed by atoms with Gasteiger partial charge in [-0.1, -0.05) is 0 Å². The third kappa shape index (κ3) is 4.20. The van der Waals surface area contributed by atoms with E-state index in [2.05, 4.69) is 5.32 Å². The van der Waals surface area contributed by atoms with Crippen LogP contribution >= 0.6 is 0 Å². The third-order valence-corrected chi connectivity index (χ3v) is 2.94. The van der Waals surface area contributed by atoms with E-state index < -0.39 is 11.8 Å². The maximum atomic E-state index is 11.9. The molecule has 0 saturated carbocycles. The van der Waals surface area contributed by atoms with Crippen LogP contribution in [0.2, 0.25) is 0 Å². The fourth-order valence-electron chi connectivity index (χ4n) is 1.90. The van der Waals surface area contributed by atoms with Gasteiger partial charge in [0, 0.05) is 0 Å². The zero-order valence-corrected chi connectivity index (χ0v) is 11.6. The van der Waals surface area contributed by atoms with E-state index in [9.17, 15) is 14.4 Å². The molecule has 3 amide bonds. The largest absolute Gasteiger partial charge is 0.497 e. The highest BCUT2D eigenvalue weighted by Crippen LogP contribution is 2.17. The summed E-state index contributed by atoms with van der Waals surface area (Å²) in [6.45, 7) is -0.00229. The molecule has 1 aromatic rings. The molecule has 0 radical (unpaired) electrons. The van der Waals surface area contributed by atoms with Crippen molar-refractivity contribution in [3.8, 4) is 11.5 Å². The number of hydrogen-bond donors (Lipinski definition) is 1. The van der Waals surface area contributed by atoms with Crippen LogP contribution in [0, 0.1) is 0 Å². The molecule has 1 aliphatic rings. The number of carbonyl (C=O) groups is 3. The van der Waals surface area contributed by atoms with Gasteiger partial charge in [-0.15, -0.1) is 0 Å². The second-order valence-corrected chi connectivity index (χ2v) is 4.50. The molecule has 0 unspecified atom stereocenters. The van der Waals surface area contributed by atoms with Gasteiger partial charge in [-0.05, 0) is 24.3 Å². The number of amides is 3. The molecule has 1 heterocycles. The molecule has 0 bridgehead atoms. The molecule has 1 saturated heterocycles. The summed E-state index contributed by atoms with van der Waals surface area (Å²) in [6, 6.07) is 6.98. The highest BCUT2D eigenvalue weighted by Gasteiger charge is 2.25. The van der Waals surface area contributed by atoms with Gasteiger partial charge in [0.25, 0.3) is 0 Å². The standard InChI is InChI=1S/C14H16N2O5/c1-20-10-2-4-11(5-3-10)21-7-6-14(19)16-8-12(17)15-13(18)9-16/h2-5H,6-9H2,1H3,(H,15,17,18). The Morgan fingerprint density at radius 2 is 1.71 bits per heavy atom. The second kappa shape index (κ2) is 6.74. The Morgan fingerprint density at radius 1 is 1.14 bits per heavy atom. The van der Waals surface area contributed by atoms with Crippen molar-refractivity contribution in [2.24, 2.45) is 0 Å². The van der Waals surface area contributed by atoms with E-state index in [0.717, 1.165) is 5.75 Å². The number of hydrogen-bond acceptors (Lipinski definition) is 5. The Labute approximate surface area is 121 Å². The van der Waals surface area contributed by atoms with Gasteiger partial charge in [-0.3, -0.25) is 19.7 Å². The Bertz CT molecular complexity index is 525. The molecular weight excluding hydrogens is 276 g/mol. The first kappa shape index (κ1) is 14.8. The zero-order valence-electron chi connectivity index (χ0n) is 11.6. The molecule has 0 spiro atoms. The molecule has 21 heavy (non-hydrogen) atoms. The lowest BCUT2D eigenvalue weighted by Crippen LogP contribution is -2.53. The minimum atomic E-state index is -0.462. The predicted octanol–water partition coefficient (Wildman–Crippen LogP) is -0.0509. The summed E-state index contributed by atoms with van der Waals surface area (Å²) in [7, 11) is 1.57. The van der Waals surface area contributed by atoms with Crippen LogP contribution in [-0.2, 0) is 14.4 Å². The van der Waals surface area contributed by atoms with Crippen LogP contribution in [0.25, 0.3) is 0 Å². The summed E-state index contributed by atoms with van der Waals surface area (Å²) in [4.78, 5) is 35.4. The highest BCUT2D eigenvalue weighted by molar-refractivity contribution is 6.02. The first-order valence-electron chi connectivity index (χ1n) is 6.46. The molecule has 1 fully saturated rings. The lowest BCUT2D eigenvalue weighted by molar-refractivity contribution is -0.145. The summed E-state index contributed by atoms with van der Waals surface area (Å²) in [5.74, 6) is 0.130. The summed E-state index contributed by atoms with van der Waals surface area (Å²) < 4.78 is 10.5. The normalized spacial score (nSPS) is 14.6. The Hall–Kier alpha value is -2.57. The van der Waals surface area contributed by atoms with E-state index in [1.807, 2.05) is 0 Å².